The third-order valence-corrected chi connectivity index (χ3v) is 30.2. The summed E-state index contributed by atoms with van der Waals surface area (Å²) in [4.78, 5) is 88.5. The molecule has 0 radical (unpaired) electrons. The average molecular weight is 2150 g/mol. The Kier molecular flexibility index (Phi) is 36.3. The molecule has 770 valence electrons. The third kappa shape index (κ3) is 26.5. The first-order valence-corrected chi connectivity index (χ1v) is 53.2. The monoisotopic (exact) mass is 2140 g/mol. The molecule has 0 spiro atoms. The number of esters is 2. The maximum atomic E-state index is 14.6. The number of carbonyl (C=O) groups excluding carboxylic acids is 6. The van der Waals surface area contributed by atoms with Crippen LogP contribution in [0.2, 0.25) is 0 Å². The summed E-state index contributed by atoms with van der Waals surface area (Å²) >= 11 is 0. The van der Waals surface area contributed by atoms with E-state index in [9.17, 15) is 142 Å². The van der Waals surface area contributed by atoms with Crippen molar-refractivity contribution in [2.45, 2.75) is 127 Å². The number of amides is 3. The van der Waals surface area contributed by atoms with Gasteiger partial charge < -0.3 is 23.9 Å². The van der Waals surface area contributed by atoms with Crippen LogP contribution in [0.4, 0.5) is 43.9 Å². The van der Waals surface area contributed by atoms with Gasteiger partial charge in [-0.25, -0.2) is 72.9 Å². The Bertz CT molecular complexity index is 7740. The number of carboxylic acids is 1. The predicted molar refractivity (Wildman–Crippen MR) is 510 cm³/mol. The van der Waals surface area contributed by atoms with Crippen LogP contribution in [0.1, 0.15) is 119 Å². The molecule has 0 saturated carbocycles. The number of ether oxygens (including phenoxy) is 2. The fourth-order valence-electron chi connectivity index (χ4n) is 15.7. The van der Waals surface area contributed by atoms with E-state index in [1.807, 2.05) is 16.1 Å². The van der Waals surface area contributed by atoms with Gasteiger partial charge in [-0.2, -0.15) is 48.1 Å². The fraction of sp³-hybridized carbons (Fsp3) is 0.232. The molecule has 3 N–H and O–H groups in total. The molecule has 3 amide bonds. The lowest BCUT2D eigenvalue weighted by molar-refractivity contribution is -0.645. The standard InChI is InChI=1S/C34H27F5N2O8S2.C29H30N2O7S2.C28H28N2O8S2.C8H3F5O2/c1-20-13-15-21(16-14-20)51(47,48)41(18-6-12-26(42)49-33-31(38)29(36)28(35)30(37)32(33)39)34(43)27-22-8-2-4-10-24(22)40(17-7-19-50(44,45)46)25-11-5-3-9-23(25)27;1-21-14-16-23(17-15-21)40(37,38)31(19-7-9-22(2)32)29(33)28-24-10-3-5-12-26(24)30(18-8-20-39(34,35)36)27-13-6-4-11-25(27)28;1-20-13-15-21(16-14-20)40(37,38)30(18-6-12-26(31)32)28(33)27-22-8-2-4-10-24(22)29(17-7-19-39(34,35)36)25-11-5-3-9-23(25)27;1-2(14)15-8-6(12)4(10)3(9)5(11)7(8)13/h2-5,8-11,13-16H,6-7,12,17-19H2,1H3;3-6,10-17H,7-9,18-20H2,1-2H3;2-5,8-11,13-16H,6-7,12,17-19H2,1H3,(H-,31,32,34,35,36);1H3/p+2. The van der Waals surface area contributed by atoms with Crippen LogP contribution < -0.4 is 23.2 Å². The Hall–Kier alpha value is -14.2. The smallest absolute Gasteiger partial charge is 0.311 e. The quantitative estimate of drug-likeness (QED) is 0.00485. The summed E-state index contributed by atoms with van der Waals surface area (Å²) in [5.41, 5.74) is 5.81. The number of hydrogen-bond acceptors (Lipinski definition) is 22. The maximum absolute atomic E-state index is 14.6. The zero-order chi connectivity index (χ0) is 107. The molecule has 31 nitrogen and oxygen atoms in total. The lowest BCUT2D eigenvalue weighted by Gasteiger charge is -2.24. The minimum Gasteiger partial charge on any atom is -0.748 e. The van der Waals surface area contributed by atoms with Crippen molar-refractivity contribution >= 4 is 167 Å². The van der Waals surface area contributed by atoms with E-state index in [1.54, 1.807) is 188 Å². The van der Waals surface area contributed by atoms with Crippen LogP contribution in [0.15, 0.2) is 233 Å². The van der Waals surface area contributed by atoms with Crippen molar-refractivity contribution in [2.75, 3.05) is 36.9 Å². The SMILES string of the molecule is CC(=O)CCCN(C(=O)c1c2ccccc2[n+](CCCS(=O)(=O)[O-])c2ccccc12)S(=O)(=O)c1ccc(C)cc1.CC(=O)Oc1c(F)c(F)c(F)c(F)c1F.Cc1ccc(S(=O)(=O)N(CCCC(=O)O)C(=O)c2c3ccccc3[n+](CCCS(=O)(=O)O)c3ccccc23)cc1.Cc1ccc(S(=O)(=O)N(CCCC(=O)Oc2c(F)c(F)c(F)c(F)c2F)C(=O)c2c3ccccc3[n+](CCCS(=O)(=O)O)c3ccccc23)cc1. The first kappa shape index (κ1) is 112. The number of nitrogens with zero attached hydrogens (tertiary/aromatic N) is 6. The number of Topliss-reactive ketones (excluding diaryl/α,β-unsaturated/α-hetero) is 1. The summed E-state index contributed by atoms with van der Waals surface area (Å²) in [5.74, 6) is -34.3. The van der Waals surface area contributed by atoms with Crippen molar-refractivity contribution in [3.8, 4) is 11.5 Å². The van der Waals surface area contributed by atoms with Gasteiger partial charge in [-0.05, 0) is 120 Å². The molecule has 3 aromatic heterocycles. The zero-order valence-electron chi connectivity index (χ0n) is 77.7. The number of sulfonamides is 3. The van der Waals surface area contributed by atoms with Gasteiger partial charge in [0.15, 0.2) is 19.6 Å². The topological polar surface area (TPSA) is 448 Å². The number of hydrogen-bond donors (Lipinski definition) is 3. The lowest BCUT2D eigenvalue weighted by Crippen LogP contribution is -2.40. The van der Waals surface area contributed by atoms with Crippen LogP contribution in [0.5, 0.6) is 11.5 Å². The highest BCUT2D eigenvalue weighted by atomic mass is 32.2. The van der Waals surface area contributed by atoms with Gasteiger partial charge in [-0.15, -0.1) is 0 Å². The molecule has 14 rings (SSSR count). The molecule has 0 fully saturated rings. The summed E-state index contributed by atoms with van der Waals surface area (Å²) in [7, 11) is -26.2. The highest BCUT2D eigenvalue weighted by Crippen LogP contribution is 2.37. The molecule has 0 aliphatic carbocycles. The number of aromatic nitrogens is 3. The van der Waals surface area contributed by atoms with E-state index in [4.69, 9.17) is 5.11 Å². The summed E-state index contributed by atoms with van der Waals surface area (Å²) in [5, 5.41) is 11.6. The molecule has 0 unspecified atom stereocenters. The van der Waals surface area contributed by atoms with Crippen molar-refractivity contribution < 1.29 is 170 Å². The first-order chi connectivity index (χ1) is 68.7. The number of aliphatic carboxylic acids is 1. The number of rotatable bonds is 35. The number of para-hydroxylation sites is 6. The molecule has 3 heterocycles. The van der Waals surface area contributed by atoms with Crippen molar-refractivity contribution in [3.63, 3.8) is 0 Å². The number of halogens is 10. The average Bonchev–Trinajstić information content (AvgIpc) is 0.744. The van der Waals surface area contributed by atoms with Crippen LogP contribution in [-0.4, -0.2) is 160 Å². The Morgan fingerprint density at radius 2 is 0.548 bits per heavy atom. The highest BCUT2D eigenvalue weighted by Gasteiger charge is 2.40. The Morgan fingerprint density at radius 3 is 0.788 bits per heavy atom. The fourth-order valence-corrected chi connectivity index (χ4v) is 21.4. The molecular formula is C99H90F10N6O25S6+2. The van der Waals surface area contributed by atoms with Gasteiger partial charge in [-0.1, -0.05) is 126 Å². The summed E-state index contributed by atoms with van der Waals surface area (Å²) in [6.45, 7) is 6.80. The Morgan fingerprint density at radius 1 is 0.315 bits per heavy atom. The number of fused-ring (bicyclic) bond motifs is 6. The molecule has 11 aromatic carbocycles. The molecule has 14 aromatic rings. The van der Waals surface area contributed by atoms with Gasteiger partial charge in [0.2, 0.25) is 103 Å². The second-order valence-corrected chi connectivity index (χ2v) is 43.2. The van der Waals surface area contributed by atoms with Gasteiger partial charge in [0.05, 0.1) is 85.3 Å². The summed E-state index contributed by atoms with van der Waals surface area (Å²) in [6, 6.07) is 58.4. The molecule has 0 atom stereocenters. The van der Waals surface area contributed by atoms with E-state index >= 15 is 0 Å². The van der Waals surface area contributed by atoms with E-state index in [1.165, 1.54) is 55.5 Å². The van der Waals surface area contributed by atoms with Gasteiger partial charge in [-0.3, -0.25) is 37.9 Å². The van der Waals surface area contributed by atoms with Crippen molar-refractivity contribution in [1.82, 2.24) is 12.9 Å². The molecular weight excluding hydrogens is 2060 g/mol. The molecule has 146 heavy (non-hydrogen) atoms. The predicted octanol–water partition coefficient (Wildman–Crippen LogP) is 15.4. The molecule has 0 aliphatic rings. The zero-order valence-corrected chi connectivity index (χ0v) is 82.6. The first-order valence-electron chi connectivity index (χ1n) is 44.1. The lowest BCUT2D eigenvalue weighted by atomic mass is 10.0. The van der Waals surface area contributed by atoms with E-state index < -0.39 is 202 Å². The largest absolute Gasteiger partial charge is 0.748 e. The van der Waals surface area contributed by atoms with Crippen LogP contribution in [0.25, 0.3) is 65.4 Å². The minimum absolute atomic E-state index is 0.000186. The minimum atomic E-state index is -4.66. The van der Waals surface area contributed by atoms with Crippen LogP contribution >= 0.6 is 0 Å². The number of ketones is 1. The van der Waals surface area contributed by atoms with Crippen LogP contribution in [0, 0.1) is 78.9 Å². The van der Waals surface area contributed by atoms with Crippen LogP contribution in [0.3, 0.4) is 0 Å². The van der Waals surface area contributed by atoms with E-state index in [0.717, 1.165) is 26.7 Å². The van der Waals surface area contributed by atoms with E-state index in [2.05, 4.69) is 9.47 Å². The molecule has 47 heteroatoms. The molecule has 0 bridgehead atoms. The Labute approximate surface area is 829 Å². The highest BCUT2D eigenvalue weighted by molar-refractivity contribution is 7.90. The molecule has 0 saturated heterocycles. The normalized spacial score (nSPS) is 11.8. The number of carboxylic acid groups (broad SMARTS) is 1. The van der Waals surface area contributed by atoms with Crippen molar-refractivity contribution in [2.24, 2.45) is 0 Å². The number of aryl methyl sites for hydroxylation is 6. The summed E-state index contributed by atoms with van der Waals surface area (Å²) < 4.78 is 329. The maximum Gasteiger partial charge on any atom is 0.311 e. The third-order valence-electron chi connectivity index (χ3n) is 22.5. The summed E-state index contributed by atoms with van der Waals surface area (Å²) in [6.07, 6.45) is -1.25. The van der Waals surface area contributed by atoms with Gasteiger partial charge >= 0.3 is 17.9 Å². The second kappa shape index (κ2) is 47.3. The van der Waals surface area contributed by atoms with E-state index in [0.29, 0.717) is 64.5 Å². The Balaban J connectivity index is 0.000000196. The molecule has 0 aliphatic heterocycles. The van der Waals surface area contributed by atoms with E-state index in [-0.39, 0.29) is 126 Å². The number of benzene rings is 11. The van der Waals surface area contributed by atoms with Gasteiger partial charge in [0.1, 0.15) is 5.78 Å². The second-order valence-electron chi connectivity index (χ2n) is 32.9. The van der Waals surface area contributed by atoms with Crippen LogP contribution in [-0.2, 0) is 99.2 Å². The van der Waals surface area contributed by atoms with Gasteiger partial charge in [0.25, 0.3) is 68.0 Å². The van der Waals surface area contributed by atoms with Crippen molar-refractivity contribution in [1.29, 1.82) is 0 Å². The van der Waals surface area contributed by atoms with Gasteiger partial charge in [0, 0.05) is 107 Å². The number of pyridine rings is 3. The number of carbonyl (C=O) groups is 7. The van der Waals surface area contributed by atoms with Crippen molar-refractivity contribution in [3.05, 3.63) is 310 Å².